The van der Waals surface area contributed by atoms with E-state index in [9.17, 15) is 0 Å². The van der Waals surface area contributed by atoms with E-state index in [0.717, 1.165) is 32.5 Å². The molecule has 0 N–H and O–H groups in total. The maximum atomic E-state index is 5.65. The van der Waals surface area contributed by atoms with Gasteiger partial charge in [-0.1, -0.05) is 34.7 Å². The Labute approximate surface area is 113 Å². The van der Waals surface area contributed by atoms with E-state index in [2.05, 4.69) is 34.7 Å². The number of alkyl halides is 1. The molecule has 0 bridgehead atoms. The molecule has 1 aliphatic rings. The molecule has 16 heavy (non-hydrogen) atoms. The van der Waals surface area contributed by atoms with Crippen LogP contribution in [0.4, 0.5) is 0 Å². The van der Waals surface area contributed by atoms with Crippen molar-refractivity contribution in [3.63, 3.8) is 0 Å². The zero-order valence-corrected chi connectivity index (χ0v) is 12.2. The van der Waals surface area contributed by atoms with Gasteiger partial charge in [-0.2, -0.15) is 0 Å². The minimum atomic E-state index is 0.0803. The Morgan fingerprint density at radius 1 is 1.19 bits per heavy atom. The van der Waals surface area contributed by atoms with Crippen molar-refractivity contribution in [2.75, 3.05) is 17.6 Å². The van der Waals surface area contributed by atoms with Crippen molar-refractivity contribution >= 4 is 22.6 Å². The fourth-order valence-electron chi connectivity index (χ4n) is 1.69. The highest BCUT2D eigenvalue weighted by Gasteiger charge is 2.12. The first kappa shape index (κ1) is 14.5. The maximum absolute atomic E-state index is 5.65. The number of unbranched alkanes of at least 4 members (excludes halogenated alkanes) is 2. The highest BCUT2D eigenvalue weighted by atomic mass is 127. The third-order valence-electron chi connectivity index (χ3n) is 2.63. The van der Waals surface area contributed by atoms with Gasteiger partial charge in [-0.3, -0.25) is 0 Å². The number of ether oxygens (including phenoxy) is 2. The molecular formula is C13H23IO2. The number of hydrogen-bond acceptors (Lipinski definition) is 2. The second-order valence-electron chi connectivity index (χ2n) is 4.11. The Kier molecular flexibility index (Phi) is 9.52. The van der Waals surface area contributed by atoms with Crippen molar-refractivity contribution in [1.29, 1.82) is 0 Å². The first-order valence-electron chi connectivity index (χ1n) is 6.37. The number of halogens is 1. The molecule has 2 nitrogen and oxygen atoms in total. The van der Waals surface area contributed by atoms with E-state index in [0.29, 0.717) is 0 Å². The zero-order chi connectivity index (χ0) is 11.5. The van der Waals surface area contributed by atoms with Crippen LogP contribution < -0.4 is 0 Å². The highest BCUT2D eigenvalue weighted by molar-refractivity contribution is 14.1. The largest absolute Gasteiger partial charge is 0.353 e. The summed E-state index contributed by atoms with van der Waals surface area (Å²) in [4.78, 5) is 0. The summed E-state index contributed by atoms with van der Waals surface area (Å²) in [6, 6.07) is 0. The minimum absolute atomic E-state index is 0.0803. The summed E-state index contributed by atoms with van der Waals surface area (Å²) in [6.45, 7) is 1.71. The van der Waals surface area contributed by atoms with E-state index >= 15 is 0 Å². The van der Waals surface area contributed by atoms with Crippen molar-refractivity contribution < 1.29 is 9.47 Å². The molecule has 0 aromatic carbocycles. The molecule has 0 aliphatic carbocycles. The van der Waals surface area contributed by atoms with Gasteiger partial charge in [-0.25, -0.2) is 0 Å². The Balaban J connectivity index is 1.85. The van der Waals surface area contributed by atoms with Crippen LogP contribution in [-0.2, 0) is 9.47 Å². The number of allylic oxidation sites excluding steroid dienone is 2. The smallest absolute Gasteiger partial charge is 0.157 e. The standard InChI is InChI=1S/C13H23IO2/c14-10-6-3-1-2-4-7-11-15-13-9-5-8-12-16-13/h1-2,13H,3-12H2/b2-1+. The van der Waals surface area contributed by atoms with Gasteiger partial charge in [0.15, 0.2) is 6.29 Å². The highest BCUT2D eigenvalue weighted by Crippen LogP contribution is 2.13. The van der Waals surface area contributed by atoms with Gasteiger partial charge in [-0.05, 0) is 49.4 Å². The predicted octanol–water partition coefficient (Wildman–Crippen LogP) is 4.08. The Hall–Kier alpha value is 0.390. The first-order chi connectivity index (χ1) is 7.93. The van der Waals surface area contributed by atoms with Crippen molar-refractivity contribution in [2.45, 2.75) is 51.2 Å². The van der Waals surface area contributed by atoms with Crippen LogP contribution in [0, 0.1) is 0 Å². The van der Waals surface area contributed by atoms with Crippen molar-refractivity contribution in [1.82, 2.24) is 0 Å². The molecule has 1 saturated heterocycles. The summed E-state index contributed by atoms with van der Waals surface area (Å²) in [7, 11) is 0. The summed E-state index contributed by atoms with van der Waals surface area (Å²) in [5.41, 5.74) is 0. The molecule has 0 aromatic heterocycles. The SMILES string of the molecule is ICCC/C=C/CCCOC1CCCCO1. The third-order valence-corrected chi connectivity index (χ3v) is 3.39. The number of rotatable bonds is 8. The average Bonchev–Trinajstić information content (AvgIpc) is 2.34. The molecule has 1 aliphatic heterocycles. The zero-order valence-electron chi connectivity index (χ0n) is 10.00. The molecule has 1 rings (SSSR count). The quantitative estimate of drug-likeness (QED) is 0.287. The van der Waals surface area contributed by atoms with Crippen molar-refractivity contribution in [3.05, 3.63) is 12.2 Å². The molecule has 3 heteroatoms. The molecule has 1 heterocycles. The fourth-order valence-corrected chi connectivity index (χ4v) is 2.13. The van der Waals surface area contributed by atoms with Gasteiger partial charge in [0, 0.05) is 6.61 Å². The van der Waals surface area contributed by atoms with Gasteiger partial charge in [-0.15, -0.1) is 0 Å². The molecule has 1 unspecified atom stereocenters. The molecule has 1 atom stereocenters. The lowest BCUT2D eigenvalue weighted by Crippen LogP contribution is -2.22. The van der Waals surface area contributed by atoms with Crippen LogP contribution in [0.2, 0.25) is 0 Å². The average molecular weight is 338 g/mol. The summed E-state index contributed by atoms with van der Waals surface area (Å²) in [5.74, 6) is 0. The van der Waals surface area contributed by atoms with E-state index in [1.54, 1.807) is 0 Å². The monoisotopic (exact) mass is 338 g/mol. The molecule has 0 aromatic rings. The van der Waals surface area contributed by atoms with E-state index in [-0.39, 0.29) is 6.29 Å². The van der Waals surface area contributed by atoms with Crippen LogP contribution >= 0.6 is 22.6 Å². The van der Waals surface area contributed by atoms with Gasteiger partial charge in [0.1, 0.15) is 0 Å². The molecular weight excluding hydrogens is 315 g/mol. The molecule has 0 amide bonds. The van der Waals surface area contributed by atoms with Gasteiger partial charge in [0.05, 0.1) is 6.61 Å². The topological polar surface area (TPSA) is 18.5 Å². The lowest BCUT2D eigenvalue weighted by atomic mass is 10.2. The van der Waals surface area contributed by atoms with Crippen molar-refractivity contribution in [2.24, 2.45) is 0 Å². The lowest BCUT2D eigenvalue weighted by molar-refractivity contribution is -0.162. The molecule has 1 fully saturated rings. The van der Waals surface area contributed by atoms with Crippen LogP contribution in [0.25, 0.3) is 0 Å². The van der Waals surface area contributed by atoms with Crippen LogP contribution in [0.5, 0.6) is 0 Å². The summed E-state index contributed by atoms with van der Waals surface area (Å²) < 4.78 is 12.4. The molecule has 94 valence electrons. The Morgan fingerprint density at radius 3 is 2.69 bits per heavy atom. The van der Waals surface area contributed by atoms with E-state index < -0.39 is 0 Å². The van der Waals surface area contributed by atoms with Gasteiger partial charge >= 0.3 is 0 Å². The normalized spacial score (nSPS) is 21.7. The molecule has 0 spiro atoms. The molecule has 0 saturated carbocycles. The van der Waals surface area contributed by atoms with E-state index in [1.807, 2.05) is 0 Å². The lowest BCUT2D eigenvalue weighted by Gasteiger charge is -2.22. The minimum Gasteiger partial charge on any atom is -0.353 e. The summed E-state index contributed by atoms with van der Waals surface area (Å²) >= 11 is 2.42. The first-order valence-corrected chi connectivity index (χ1v) is 7.90. The Bertz CT molecular complexity index is 177. The maximum Gasteiger partial charge on any atom is 0.157 e. The number of hydrogen-bond donors (Lipinski definition) is 0. The predicted molar refractivity (Wildman–Crippen MR) is 76.0 cm³/mol. The van der Waals surface area contributed by atoms with Gasteiger partial charge in [0.25, 0.3) is 0 Å². The Morgan fingerprint density at radius 2 is 2.00 bits per heavy atom. The summed E-state index contributed by atoms with van der Waals surface area (Å²) in [6.07, 6.45) is 12.9. The third kappa shape index (κ3) is 7.63. The van der Waals surface area contributed by atoms with Crippen LogP contribution in [-0.4, -0.2) is 23.9 Å². The van der Waals surface area contributed by atoms with Crippen LogP contribution in [0.3, 0.4) is 0 Å². The summed E-state index contributed by atoms with van der Waals surface area (Å²) in [5, 5.41) is 0. The van der Waals surface area contributed by atoms with Gasteiger partial charge in [0.2, 0.25) is 0 Å². The van der Waals surface area contributed by atoms with Crippen LogP contribution in [0.15, 0.2) is 12.2 Å². The van der Waals surface area contributed by atoms with E-state index in [1.165, 1.54) is 30.1 Å². The fraction of sp³-hybridized carbons (Fsp3) is 0.846. The second kappa shape index (κ2) is 10.5. The van der Waals surface area contributed by atoms with E-state index in [4.69, 9.17) is 9.47 Å². The van der Waals surface area contributed by atoms with Gasteiger partial charge < -0.3 is 9.47 Å². The van der Waals surface area contributed by atoms with Crippen LogP contribution in [0.1, 0.15) is 44.9 Å². The van der Waals surface area contributed by atoms with Crippen molar-refractivity contribution in [3.8, 4) is 0 Å². The second-order valence-corrected chi connectivity index (χ2v) is 5.19. The molecule has 0 radical (unpaired) electrons.